The topological polar surface area (TPSA) is 79.8 Å². The van der Waals surface area contributed by atoms with Crippen molar-refractivity contribution < 1.29 is 14.3 Å². The van der Waals surface area contributed by atoms with Gasteiger partial charge in [-0.1, -0.05) is 80.6 Å². The third-order valence-corrected chi connectivity index (χ3v) is 4.78. The standard InChI is InChI=1S/C26H27N3O3/c1-19(2)25(26(31)29-27-16-8-11-20-9-4-3-5-10-20)28-24(30)18-32-23-15-14-21-12-6-7-13-22(21)17-23/h3-17,19,25H,18H2,1-2H3,(H,28,30)(H,29,31)/b11-8+,27-16?/t25-/m1/s1. The monoisotopic (exact) mass is 429 g/mol. The van der Waals surface area contributed by atoms with Crippen LogP contribution in [0.4, 0.5) is 0 Å². The largest absolute Gasteiger partial charge is 0.484 e. The van der Waals surface area contributed by atoms with Gasteiger partial charge in [0.25, 0.3) is 11.8 Å². The van der Waals surface area contributed by atoms with Gasteiger partial charge in [-0.3, -0.25) is 9.59 Å². The molecule has 0 saturated heterocycles. The van der Waals surface area contributed by atoms with Gasteiger partial charge in [0.2, 0.25) is 0 Å². The number of carbonyl (C=O) groups excluding carboxylic acids is 2. The van der Waals surface area contributed by atoms with Gasteiger partial charge in [-0.05, 0) is 40.5 Å². The number of benzene rings is 3. The van der Waals surface area contributed by atoms with Crippen molar-refractivity contribution in [3.8, 4) is 5.75 Å². The first-order valence-corrected chi connectivity index (χ1v) is 10.5. The molecule has 0 aliphatic rings. The smallest absolute Gasteiger partial charge is 0.262 e. The lowest BCUT2D eigenvalue weighted by Gasteiger charge is -2.20. The molecular weight excluding hydrogens is 402 g/mol. The molecule has 0 unspecified atom stereocenters. The zero-order chi connectivity index (χ0) is 22.8. The van der Waals surface area contributed by atoms with E-state index in [1.54, 1.807) is 6.08 Å². The summed E-state index contributed by atoms with van der Waals surface area (Å²) in [6.07, 6.45) is 5.10. The van der Waals surface area contributed by atoms with Gasteiger partial charge in [0.05, 0.1) is 0 Å². The lowest BCUT2D eigenvalue weighted by molar-refractivity contribution is -0.131. The van der Waals surface area contributed by atoms with Crippen LogP contribution in [0.5, 0.6) is 5.75 Å². The van der Waals surface area contributed by atoms with Crippen LogP contribution in [0.15, 0.2) is 84.0 Å². The van der Waals surface area contributed by atoms with Crippen molar-refractivity contribution in [1.29, 1.82) is 0 Å². The SMILES string of the molecule is CC(C)[C@@H](NC(=O)COc1ccc2ccccc2c1)C(=O)NN=C/C=C/c1ccccc1. The normalized spacial score (nSPS) is 12.3. The maximum Gasteiger partial charge on any atom is 0.262 e. The number of hydrogen-bond donors (Lipinski definition) is 2. The maximum absolute atomic E-state index is 12.5. The molecule has 32 heavy (non-hydrogen) atoms. The second kappa shape index (κ2) is 11.5. The number of nitrogens with one attached hydrogen (secondary N) is 2. The predicted octanol–water partition coefficient (Wildman–Crippen LogP) is 4.17. The third-order valence-electron chi connectivity index (χ3n) is 4.78. The zero-order valence-electron chi connectivity index (χ0n) is 18.2. The van der Waals surface area contributed by atoms with Gasteiger partial charge in [0, 0.05) is 6.21 Å². The molecule has 2 amide bonds. The third kappa shape index (κ3) is 6.80. The number of fused-ring (bicyclic) bond motifs is 1. The Labute approximate surface area is 188 Å². The van der Waals surface area contributed by atoms with Gasteiger partial charge in [0.15, 0.2) is 6.61 Å². The molecule has 0 spiro atoms. The highest BCUT2D eigenvalue weighted by Gasteiger charge is 2.24. The Kier molecular flexibility index (Phi) is 8.15. The molecule has 0 saturated carbocycles. The highest BCUT2D eigenvalue weighted by Crippen LogP contribution is 2.20. The van der Waals surface area contributed by atoms with E-state index in [0.717, 1.165) is 16.3 Å². The molecule has 3 aromatic carbocycles. The molecule has 0 radical (unpaired) electrons. The van der Waals surface area contributed by atoms with E-state index in [0.29, 0.717) is 5.75 Å². The zero-order valence-corrected chi connectivity index (χ0v) is 18.2. The Hall–Kier alpha value is -3.93. The van der Waals surface area contributed by atoms with E-state index in [1.165, 1.54) is 6.21 Å². The van der Waals surface area contributed by atoms with E-state index in [4.69, 9.17) is 4.74 Å². The molecule has 3 aromatic rings. The minimum absolute atomic E-state index is 0.116. The fraction of sp³-hybridized carbons (Fsp3) is 0.192. The summed E-state index contributed by atoms with van der Waals surface area (Å²) < 4.78 is 5.61. The molecule has 0 aliphatic heterocycles. The first kappa shape index (κ1) is 22.7. The van der Waals surface area contributed by atoms with Crippen molar-refractivity contribution in [3.63, 3.8) is 0 Å². The van der Waals surface area contributed by atoms with Crippen LogP contribution < -0.4 is 15.5 Å². The highest BCUT2D eigenvalue weighted by atomic mass is 16.5. The Morgan fingerprint density at radius 2 is 1.69 bits per heavy atom. The fourth-order valence-corrected chi connectivity index (χ4v) is 3.09. The summed E-state index contributed by atoms with van der Waals surface area (Å²) in [6.45, 7) is 3.53. The molecule has 2 N–H and O–H groups in total. The number of nitrogens with zero attached hydrogens (tertiary/aromatic N) is 1. The van der Waals surface area contributed by atoms with Crippen molar-refractivity contribution in [2.75, 3.05) is 6.61 Å². The fourth-order valence-electron chi connectivity index (χ4n) is 3.09. The average Bonchev–Trinajstić information content (AvgIpc) is 2.81. The van der Waals surface area contributed by atoms with E-state index in [1.807, 2.05) is 92.7 Å². The summed E-state index contributed by atoms with van der Waals surface area (Å²) in [5.41, 5.74) is 3.50. The van der Waals surface area contributed by atoms with Crippen LogP contribution in [0.1, 0.15) is 19.4 Å². The van der Waals surface area contributed by atoms with Crippen molar-refractivity contribution in [1.82, 2.24) is 10.7 Å². The van der Waals surface area contributed by atoms with Crippen molar-refractivity contribution >= 4 is 34.9 Å². The van der Waals surface area contributed by atoms with E-state index in [2.05, 4.69) is 15.8 Å². The molecule has 0 heterocycles. The molecule has 1 atom stereocenters. The van der Waals surface area contributed by atoms with Gasteiger partial charge in [0.1, 0.15) is 11.8 Å². The summed E-state index contributed by atoms with van der Waals surface area (Å²) in [4.78, 5) is 24.8. The van der Waals surface area contributed by atoms with Crippen LogP contribution in [0, 0.1) is 5.92 Å². The minimum atomic E-state index is -0.724. The average molecular weight is 430 g/mol. The van der Waals surface area contributed by atoms with Gasteiger partial charge < -0.3 is 10.1 Å². The van der Waals surface area contributed by atoms with Crippen LogP contribution in [0.25, 0.3) is 16.8 Å². The van der Waals surface area contributed by atoms with E-state index < -0.39 is 6.04 Å². The Morgan fingerprint density at radius 3 is 2.44 bits per heavy atom. The second-order valence-corrected chi connectivity index (χ2v) is 7.61. The van der Waals surface area contributed by atoms with Gasteiger partial charge in [-0.25, -0.2) is 5.43 Å². The summed E-state index contributed by atoms with van der Waals surface area (Å²) >= 11 is 0. The number of rotatable bonds is 9. The number of amides is 2. The Balaban J connectivity index is 1.49. The summed E-state index contributed by atoms with van der Waals surface area (Å²) in [5, 5.41) is 8.78. The number of carbonyl (C=O) groups is 2. The van der Waals surface area contributed by atoms with Crippen molar-refractivity contribution in [2.24, 2.45) is 11.0 Å². The van der Waals surface area contributed by atoms with Crippen molar-refractivity contribution in [3.05, 3.63) is 84.4 Å². The molecule has 0 aliphatic carbocycles. The Bertz CT molecular complexity index is 1110. The van der Waals surface area contributed by atoms with Gasteiger partial charge in [-0.15, -0.1) is 0 Å². The van der Waals surface area contributed by atoms with E-state index in [9.17, 15) is 9.59 Å². The van der Waals surface area contributed by atoms with Crippen LogP contribution in [-0.4, -0.2) is 30.7 Å². The number of hydrogen-bond acceptors (Lipinski definition) is 4. The number of allylic oxidation sites excluding steroid dienone is 1. The minimum Gasteiger partial charge on any atom is -0.484 e. The van der Waals surface area contributed by atoms with Crippen LogP contribution >= 0.6 is 0 Å². The molecule has 3 rings (SSSR count). The van der Waals surface area contributed by atoms with Crippen LogP contribution in [0.3, 0.4) is 0 Å². The van der Waals surface area contributed by atoms with Gasteiger partial charge in [-0.2, -0.15) is 5.10 Å². The second-order valence-electron chi connectivity index (χ2n) is 7.61. The maximum atomic E-state index is 12.5. The summed E-state index contributed by atoms with van der Waals surface area (Å²) in [7, 11) is 0. The van der Waals surface area contributed by atoms with Crippen molar-refractivity contribution in [2.45, 2.75) is 19.9 Å². The lowest BCUT2D eigenvalue weighted by Crippen LogP contribution is -2.49. The first-order chi connectivity index (χ1) is 15.5. The molecule has 0 bridgehead atoms. The molecule has 6 heteroatoms. The van der Waals surface area contributed by atoms with Crippen LogP contribution in [-0.2, 0) is 9.59 Å². The number of ether oxygens (including phenoxy) is 1. The summed E-state index contributed by atoms with van der Waals surface area (Å²) in [6, 6.07) is 22.6. The van der Waals surface area contributed by atoms with E-state index in [-0.39, 0.29) is 24.3 Å². The summed E-state index contributed by atoms with van der Waals surface area (Å²) in [5.74, 6) is -0.280. The van der Waals surface area contributed by atoms with Crippen LogP contribution in [0.2, 0.25) is 0 Å². The molecule has 6 nitrogen and oxygen atoms in total. The molecule has 164 valence electrons. The molecule has 0 aromatic heterocycles. The Morgan fingerprint density at radius 1 is 0.969 bits per heavy atom. The van der Waals surface area contributed by atoms with E-state index >= 15 is 0 Å². The number of hydrazone groups is 1. The first-order valence-electron chi connectivity index (χ1n) is 10.5. The molecule has 0 fully saturated rings. The van der Waals surface area contributed by atoms with Gasteiger partial charge >= 0.3 is 0 Å². The predicted molar refractivity (Wildman–Crippen MR) is 128 cm³/mol. The quantitative estimate of drug-likeness (QED) is 0.396. The lowest BCUT2D eigenvalue weighted by atomic mass is 10.0. The molecular formula is C26H27N3O3. The highest BCUT2D eigenvalue weighted by molar-refractivity contribution is 5.89.